The van der Waals surface area contributed by atoms with Crippen LogP contribution in [0, 0.1) is 0 Å². The number of ether oxygens (including phenoxy) is 3. The normalized spacial score (nSPS) is 21.3. The molecule has 9 nitrogen and oxygen atoms in total. The van der Waals surface area contributed by atoms with Gasteiger partial charge in [-0.05, 0) is 79.3 Å². The van der Waals surface area contributed by atoms with Crippen molar-refractivity contribution >= 4 is 23.4 Å². The van der Waals surface area contributed by atoms with Gasteiger partial charge in [-0.25, -0.2) is 0 Å². The average molecular weight is 638 g/mol. The summed E-state index contributed by atoms with van der Waals surface area (Å²) in [6.07, 6.45) is -2.42. The molecule has 0 bridgehead atoms. The predicted molar refractivity (Wildman–Crippen MR) is 161 cm³/mol. The first-order chi connectivity index (χ1) is 22.1. The lowest BCUT2D eigenvalue weighted by atomic mass is 9.94. The molecule has 0 spiro atoms. The fraction of sp³-hybridized carbons (Fsp3) is 0.382. The van der Waals surface area contributed by atoms with E-state index in [0.29, 0.717) is 12.8 Å². The minimum atomic E-state index is -4.51. The molecule has 3 aromatic rings. The third-order valence-corrected chi connectivity index (χ3v) is 8.68. The molecule has 12 heteroatoms. The Balaban J connectivity index is 1.11. The maximum Gasteiger partial charge on any atom is 0.416 e. The first kappa shape index (κ1) is 31.6. The van der Waals surface area contributed by atoms with Crippen LogP contribution in [0.4, 0.5) is 18.9 Å². The Labute approximate surface area is 264 Å². The minimum absolute atomic E-state index is 0.0155. The standard InChI is InChI=1S/C34H34F3N3O6/c1-44-19-40-28-12-11-26(17-31(41)38-25-14-21-4-2-3-5-22(21)15-25)46-30(28)18-45-29-13-10-24(16-27(29)33(40)43)39-32(42)20-6-8-23(9-7-20)34(35,36)37/h2-10,13,16,25-26,28,30H,11-12,14-15,17-19H2,1H3,(H,38,41)(H,39,42)/t26-,28-,30-/m0/s1. The van der Waals surface area contributed by atoms with Crippen LogP contribution in [0.25, 0.3) is 0 Å². The summed E-state index contributed by atoms with van der Waals surface area (Å²) >= 11 is 0. The molecule has 6 rings (SSSR count). The molecule has 2 heterocycles. The van der Waals surface area contributed by atoms with Gasteiger partial charge >= 0.3 is 6.18 Å². The highest BCUT2D eigenvalue weighted by molar-refractivity contribution is 6.05. The maximum atomic E-state index is 13.8. The van der Waals surface area contributed by atoms with Gasteiger partial charge in [0.25, 0.3) is 11.8 Å². The molecule has 3 aliphatic rings. The van der Waals surface area contributed by atoms with Gasteiger partial charge in [-0.3, -0.25) is 14.4 Å². The number of nitrogens with one attached hydrogen (secondary N) is 2. The van der Waals surface area contributed by atoms with E-state index in [9.17, 15) is 27.6 Å². The molecular formula is C34H34F3N3O6. The second-order valence-electron chi connectivity index (χ2n) is 11.8. The number of fused-ring (bicyclic) bond motifs is 3. The second-order valence-corrected chi connectivity index (χ2v) is 11.8. The van der Waals surface area contributed by atoms with Gasteiger partial charge in [-0.1, -0.05) is 24.3 Å². The molecule has 46 heavy (non-hydrogen) atoms. The van der Waals surface area contributed by atoms with E-state index < -0.39 is 29.7 Å². The molecule has 242 valence electrons. The quantitative estimate of drug-likeness (QED) is 0.379. The van der Waals surface area contributed by atoms with Crippen molar-refractivity contribution in [3.63, 3.8) is 0 Å². The van der Waals surface area contributed by atoms with Crippen LogP contribution in [0.3, 0.4) is 0 Å². The molecule has 3 aromatic carbocycles. The summed E-state index contributed by atoms with van der Waals surface area (Å²) in [7, 11) is 1.48. The number of methoxy groups -OCH3 is 1. The largest absolute Gasteiger partial charge is 0.490 e. The van der Waals surface area contributed by atoms with Crippen molar-refractivity contribution in [2.24, 2.45) is 0 Å². The van der Waals surface area contributed by atoms with E-state index in [-0.39, 0.29) is 66.4 Å². The summed E-state index contributed by atoms with van der Waals surface area (Å²) in [4.78, 5) is 41.1. The molecule has 2 aliphatic heterocycles. The topological polar surface area (TPSA) is 106 Å². The predicted octanol–water partition coefficient (Wildman–Crippen LogP) is 4.99. The summed E-state index contributed by atoms with van der Waals surface area (Å²) < 4.78 is 56.5. The van der Waals surface area contributed by atoms with Gasteiger partial charge in [0.2, 0.25) is 5.91 Å². The van der Waals surface area contributed by atoms with Crippen LogP contribution >= 0.6 is 0 Å². The zero-order valence-electron chi connectivity index (χ0n) is 25.1. The lowest BCUT2D eigenvalue weighted by molar-refractivity contribution is -0.139. The van der Waals surface area contributed by atoms with E-state index in [0.717, 1.165) is 37.1 Å². The number of amides is 3. The van der Waals surface area contributed by atoms with Crippen molar-refractivity contribution in [1.29, 1.82) is 0 Å². The highest BCUT2D eigenvalue weighted by atomic mass is 19.4. The molecule has 0 unspecified atom stereocenters. The van der Waals surface area contributed by atoms with Crippen molar-refractivity contribution in [2.75, 3.05) is 25.8 Å². The molecule has 1 fully saturated rings. The van der Waals surface area contributed by atoms with Crippen LogP contribution in [0.5, 0.6) is 5.75 Å². The minimum Gasteiger partial charge on any atom is -0.490 e. The zero-order chi connectivity index (χ0) is 32.4. The summed E-state index contributed by atoms with van der Waals surface area (Å²) in [6, 6.07) is 16.3. The molecule has 1 aliphatic carbocycles. The van der Waals surface area contributed by atoms with Crippen LogP contribution in [-0.2, 0) is 33.3 Å². The number of alkyl halides is 3. The second kappa shape index (κ2) is 13.1. The van der Waals surface area contributed by atoms with E-state index in [4.69, 9.17) is 14.2 Å². The van der Waals surface area contributed by atoms with Gasteiger partial charge in [-0.2, -0.15) is 13.2 Å². The fourth-order valence-corrected chi connectivity index (χ4v) is 6.45. The number of carbonyl (C=O) groups is 3. The lowest BCUT2D eigenvalue weighted by Gasteiger charge is -2.43. The van der Waals surface area contributed by atoms with Crippen LogP contribution in [0.15, 0.2) is 66.7 Å². The summed E-state index contributed by atoms with van der Waals surface area (Å²) in [5.41, 5.74) is 2.15. The van der Waals surface area contributed by atoms with Crippen molar-refractivity contribution < 1.29 is 41.8 Å². The van der Waals surface area contributed by atoms with Crippen molar-refractivity contribution in [3.05, 3.63) is 94.5 Å². The van der Waals surface area contributed by atoms with E-state index >= 15 is 0 Å². The summed E-state index contributed by atoms with van der Waals surface area (Å²) in [6.45, 7) is 0.108. The highest BCUT2D eigenvalue weighted by Crippen LogP contribution is 2.34. The monoisotopic (exact) mass is 637 g/mol. The van der Waals surface area contributed by atoms with Gasteiger partial charge in [0.1, 0.15) is 25.2 Å². The van der Waals surface area contributed by atoms with Crippen LogP contribution in [0.1, 0.15) is 56.7 Å². The maximum absolute atomic E-state index is 13.8. The Bertz CT molecular complexity index is 1590. The van der Waals surface area contributed by atoms with Gasteiger partial charge in [-0.15, -0.1) is 0 Å². The first-order valence-corrected chi connectivity index (χ1v) is 15.2. The molecule has 0 aromatic heterocycles. The van der Waals surface area contributed by atoms with Gasteiger partial charge in [0.05, 0.1) is 29.7 Å². The van der Waals surface area contributed by atoms with Crippen molar-refractivity contribution in [3.8, 4) is 5.75 Å². The Kier molecular flexibility index (Phi) is 9.01. The van der Waals surface area contributed by atoms with Gasteiger partial charge < -0.3 is 29.7 Å². The molecule has 1 saturated heterocycles. The zero-order valence-corrected chi connectivity index (χ0v) is 25.1. The third kappa shape index (κ3) is 6.87. The van der Waals surface area contributed by atoms with Crippen molar-refractivity contribution in [1.82, 2.24) is 10.2 Å². The Morgan fingerprint density at radius 1 is 1.00 bits per heavy atom. The Morgan fingerprint density at radius 2 is 1.72 bits per heavy atom. The number of rotatable bonds is 7. The van der Waals surface area contributed by atoms with Crippen LogP contribution in [0.2, 0.25) is 0 Å². The Morgan fingerprint density at radius 3 is 2.39 bits per heavy atom. The third-order valence-electron chi connectivity index (χ3n) is 8.68. The first-order valence-electron chi connectivity index (χ1n) is 15.2. The number of anilines is 1. The number of halogens is 3. The smallest absolute Gasteiger partial charge is 0.416 e. The van der Waals surface area contributed by atoms with E-state index in [2.05, 4.69) is 22.8 Å². The highest BCUT2D eigenvalue weighted by Gasteiger charge is 2.41. The molecule has 0 radical (unpaired) electrons. The SMILES string of the molecule is COCN1C(=O)c2cc(NC(=O)c3ccc(C(F)(F)F)cc3)ccc2OC[C@@H]2O[C@H](CC(=O)NC3Cc4ccccc4C3)CC[C@@H]21. The molecule has 3 atom stereocenters. The van der Waals surface area contributed by atoms with Crippen LogP contribution in [-0.4, -0.2) is 67.4 Å². The van der Waals surface area contributed by atoms with E-state index in [1.165, 1.54) is 24.3 Å². The van der Waals surface area contributed by atoms with Crippen LogP contribution < -0.4 is 15.4 Å². The number of hydrogen-bond acceptors (Lipinski definition) is 6. The number of benzene rings is 3. The van der Waals surface area contributed by atoms with Gasteiger partial charge in [0.15, 0.2) is 0 Å². The van der Waals surface area contributed by atoms with E-state index in [1.807, 2.05) is 12.1 Å². The Hall–Kier alpha value is -4.42. The molecule has 3 amide bonds. The number of hydrogen-bond donors (Lipinski definition) is 2. The fourth-order valence-electron chi connectivity index (χ4n) is 6.45. The molecule has 0 saturated carbocycles. The number of carbonyl (C=O) groups excluding carboxylic acids is 3. The summed E-state index contributed by atoms with van der Waals surface area (Å²) in [5, 5.41) is 5.79. The lowest BCUT2D eigenvalue weighted by Crippen LogP contribution is -2.55. The van der Waals surface area contributed by atoms with Gasteiger partial charge in [0, 0.05) is 24.4 Å². The van der Waals surface area contributed by atoms with E-state index in [1.54, 1.807) is 17.0 Å². The molecule has 2 N–H and O–H groups in total. The number of nitrogens with zero attached hydrogens (tertiary/aromatic N) is 1. The summed E-state index contributed by atoms with van der Waals surface area (Å²) in [5.74, 6) is -0.817. The molecular weight excluding hydrogens is 603 g/mol. The van der Waals surface area contributed by atoms with Crippen molar-refractivity contribution in [2.45, 2.75) is 62.6 Å². The average Bonchev–Trinajstić information content (AvgIpc) is 3.44.